The molecule has 134 valence electrons. The maximum absolute atomic E-state index is 12.8. The standard InChI is InChI=1S/C18H21ClN2O4/c19-14-9-13(10-15-16(14)25-11-24-15)18(23)21-7-5-20(6-8-21)17(22)12-3-1-2-4-12/h9-10,12H,1-8,11H2. The molecule has 1 aliphatic carbocycles. The Bertz CT molecular complexity index is 695. The van der Waals surface area contributed by atoms with Crippen LogP contribution < -0.4 is 9.47 Å². The summed E-state index contributed by atoms with van der Waals surface area (Å²) in [4.78, 5) is 28.9. The van der Waals surface area contributed by atoms with Gasteiger partial charge in [0.05, 0.1) is 5.02 Å². The van der Waals surface area contributed by atoms with Crippen LogP contribution in [-0.2, 0) is 4.79 Å². The third-order valence-electron chi connectivity index (χ3n) is 5.26. The van der Waals surface area contributed by atoms with Gasteiger partial charge in [-0.1, -0.05) is 24.4 Å². The summed E-state index contributed by atoms with van der Waals surface area (Å²) in [6, 6.07) is 3.29. The van der Waals surface area contributed by atoms with Gasteiger partial charge in [0.1, 0.15) is 0 Å². The molecule has 2 heterocycles. The van der Waals surface area contributed by atoms with Crippen LogP contribution in [0.25, 0.3) is 0 Å². The van der Waals surface area contributed by atoms with Crippen LogP contribution in [0.5, 0.6) is 11.5 Å². The van der Waals surface area contributed by atoms with E-state index in [0.717, 1.165) is 25.7 Å². The first-order valence-electron chi connectivity index (χ1n) is 8.80. The van der Waals surface area contributed by atoms with Crippen molar-refractivity contribution >= 4 is 23.4 Å². The number of hydrogen-bond acceptors (Lipinski definition) is 4. The summed E-state index contributed by atoms with van der Waals surface area (Å²) in [5, 5.41) is 0.383. The van der Waals surface area contributed by atoms with Gasteiger partial charge in [0, 0.05) is 37.7 Å². The van der Waals surface area contributed by atoms with Gasteiger partial charge in [0.2, 0.25) is 12.7 Å². The van der Waals surface area contributed by atoms with Gasteiger partial charge in [-0.3, -0.25) is 9.59 Å². The summed E-state index contributed by atoms with van der Waals surface area (Å²) < 4.78 is 10.6. The summed E-state index contributed by atoms with van der Waals surface area (Å²) in [5.74, 6) is 1.36. The fourth-order valence-corrected chi connectivity index (χ4v) is 4.10. The van der Waals surface area contributed by atoms with E-state index < -0.39 is 0 Å². The lowest BCUT2D eigenvalue weighted by Crippen LogP contribution is -2.51. The van der Waals surface area contributed by atoms with E-state index in [9.17, 15) is 9.59 Å². The van der Waals surface area contributed by atoms with Gasteiger partial charge in [-0.15, -0.1) is 0 Å². The second kappa shape index (κ2) is 6.75. The molecule has 2 aliphatic heterocycles. The molecule has 0 atom stereocenters. The zero-order chi connectivity index (χ0) is 17.4. The van der Waals surface area contributed by atoms with Crippen LogP contribution in [0.15, 0.2) is 12.1 Å². The number of halogens is 1. The summed E-state index contributed by atoms with van der Waals surface area (Å²) in [6.07, 6.45) is 4.32. The quantitative estimate of drug-likeness (QED) is 0.809. The summed E-state index contributed by atoms with van der Waals surface area (Å²) in [6.45, 7) is 2.40. The normalized spacial score (nSPS) is 20.2. The highest BCUT2D eigenvalue weighted by atomic mass is 35.5. The van der Waals surface area contributed by atoms with Crippen LogP contribution in [0.2, 0.25) is 5.02 Å². The number of hydrogen-bond donors (Lipinski definition) is 0. The van der Waals surface area contributed by atoms with Crippen LogP contribution in [0.3, 0.4) is 0 Å². The van der Waals surface area contributed by atoms with Crippen LogP contribution in [0.1, 0.15) is 36.0 Å². The minimum absolute atomic E-state index is 0.0897. The molecule has 1 saturated carbocycles. The molecule has 0 unspecified atom stereocenters. The maximum atomic E-state index is 12.8. The zero-order valence-corrected chi connectivity index (χ0v) is 14.8. The Kier molecular flexibility index (Phi) is 4.46. The molecule has 0 aromatic heterocycles. The van der Waals surface area contributed by atoms with Gasteiger partial charge in [0.15, 0.2) is 11.5 Å². The smallest absolute Gasteiger partial charge is 0.254 e. The number of rotatable bonds is 2. The minimum Gasteiger partial charge on any atom is -0.454 e. The molecule has 1 aromatic carbocycles. The SMILES string of the molecule is O=C(c1cc(Cl)c2c(c1)OCO2)N1CCN(C(=O)C2CCCC2)CC1. The van der Waals surface area contributed by atoms with Crippen LogP contribution >= 0.6 is 11.6 Å². The van der Waals surface area contributed by atoms with E-state index in [0.29, 0.717) is 48.3 Å². The highest BCUT2D eigenvalue weighted by molar-refractivity contribution is 6.32. The molecule has 7 heteroatoms. The first-order valence-corrected chi connectivity index (χ1v) is 9.18. The number of amides is 2. The molecule has 6 nitrogen and oxygen atoms in total. The second-order valence-electron chi connectivity index (χ2n) is 6.79. The predicted molar refractivity (Wildman–Crippen MR) is 92.0 cm³/mol. The van der Waals surface area contributed by atoms with E-state index in [1.165, 1.54) is 0 Å². The monoisotopic (exact) mass is 364 g/mol. The van der Waals surface area contributed by atoms with Crippen LogP contribution in [-0.4, -0.2) is 54.6 Å². The average Bonchev–Trinajstić information content (AvgIpc) is 3.32. The van der Waals surface area contributed by atoms with Crippen LogP contribution in [0, 0.1) is 5.92 Å². The van der Waals surface area contributed by atoms with Crippen LogP contribution in [0.4, 0.5) is 0 Å². The van der Waals surface area contributed by atoms with Gasteiger partial charge in [-0.25, -0.2) is 0 Å². The van der Waals surface area contributed by atoms with Crippen molar-refractivity contribution in [3.8, 4) is 11.5 Å². The summed E-state index contributed by atoms with van der Waals surface area (Å²) in [7, 11) is 0. The van der Waals surface area contributed by atoms with Gasteiger partial charge in [-0.05, 0) is 25.0 Å². The fourth-order valence-electron chi connectivity index (χ4n) is 3.83. The van der Waals surface area contributed by atoms with E-state index in [1.54, 1.807) is 17.0 Å². The highest BCUT2D eigenvalue weighted by Crippen LogP contribution is 2.40. The van der Waals surface area contributed by atoms with E-state index in [2.05, 4.69) is 0 Å². The fraction of sp³-hybridized carbons (Fsp3) is 0.556. The molecule has 3 aliphatic rings. The first kappa shape index (κ1) is 16.5. The molecule has 0 bridgehead atoms. The Morgan fingerprint density at radius 1 is 1.00 bits per heavy atom. The summed E-state index contributed by atoms with van der Waals surface area (Å²) in [5.41, 5.74) is 0.491. The predicted octanol–water partition coefficient (Wildman–Crippen LogP) is 2.54. The molecule has 1 aromatic rings. The molecule has 0 N–H and O–H groups in total. The van der Waals surface area contributed by atoms with Crippen molar-refractivity contribution in [3.05, 3.63) is 22.7 Å². The molecular formula is C18H21ClN2O4. The van der Waals surface area contributed by atoms with E-state index in [4.69, 9.17) is 21.1 Å². The summed E-state index contributed by atoms with van der Waals surface area (Å²) >= 11 is 6.17. The van der Waals surface area contributed by atoms with E-state index >= 15 is 0 Å². The van der Waals surface area contributed by atoms with Gasteiger partial charge < -0.3 is 19.3 Å². The Labute approximate surface area is 151 Å². The lowest BCUT2D eigenvalue weighted by molar-refractivity contribution is -0.136. The third kappa shape index (κ3) is 3.15. The molecular weight excluding hydrogens is 344 g/mol. The third-order valence-corrected chi connectivity index (χ3v) is 5.54. The number of ether oxygens (including phenoxy) is 2. The Hall–Kier alpha value is -1.95. The van der Waals surface area contributed by atoms with Gasteiger partial charge >= 0.3 is 0 Å². The van der Waals surface area contributed by atoms with Crippen molar-refractivity contribution in [2.45, 2.75) is 25.7 Å². The topological polar surface area (TPSA) is 59.1 Å². The molecule has 0 spiro atoms. The van der Waals surface area contributed by atoms with E-state index in [1.807, 2.05) is 4.90 Å². The molecule has 4 rings (SSSR count). The largest absolute Gasteiger partial charge is 0.454 e. The first-order chi connectivity index (χ1) is 12.1. The molecule has 1 saturated heterocycles. The van der Waals surface area contributed by atoms with Crippen molar-refractivity contribution in [1.29, 1.82) is 0 Å². The Balaban J connectivity index is 1.40. The number of fused-ring (bicyclic) bond motifs is 1. The second-order valence-corrected chi connectivity index (χ2v) is 7.20. The van der Waals surface area contributed by atoms with Crippen molar-refractivity contribution in [2.24, 2.45) is 5.92 Å². The number of piperazine rings is 1. The Morgan fingerprint density at radius 3 is 2.40 bits per heavy atom. The van der Waals surface area contributed by atoms with Gasteiger partial charge in [0.25, 0.3) is 5.91 Å². The minimum atomic E-state index is -0.0897. The van der Waals surface area contributed by atoms with Crippen molar-refractivity contribution in [1.82, 2.24) is 9.80 Å². The highest BCUT2D eigenvalue weighted by Gasteiger charge is 2.31. The molecule has 25 heavy (non-hydrogen) atoms. The average molecular weight is 365 g/mol. The molecule has 2 fully saturated rings. The lowest BCUT2D eigenvalue weighted by Gasteiger charge is -2.36. The molecule has 2 amide bonds. The number of nitrogens with zero attached hydrogens (tertiary/aromatic N) is 2. The zero-order valence-electron chi connectivity index (χ0n) is 14.0. The van der Waals surface area contributed by atoms with Gasteiger partial charge in [-0.2, -0.15) is 0 Å². The Morgan fingerprint density at radius 2 is 1.68 bits per heavy atom. The van der Waals surface area contributed by atoms with Crippen molar-refractivity contribution in [2.75, 3.05) is 33.0 Å². The number of carbonyl (C=O) groups excluding carboxylic acids is 2. The number of benzene rings is 1. The number of carbonyl (C=O) groups is 2. The van der Waals surface area contributed by atoms with Crippen molar-refractivity contribution in [3.63, 3.8) is 0 Å². The maximum Gasteiger partial charge on any atom is 0.254 e. The van der Waals surface area contributed by atoms with Crippen molar-refractivity contribution < 1.29 is 19.1 Å². The lowest BCUT2D eigenvalue weighted by atomic mass is 10.1. The van der Waals surface area contributed by atoms with E-state index in [-0.39, 0.29) is 24.5 Å². The molecule has 0 radical (unpaired) electrons.